The standard InChI is InChI=1S/C7H4ClF2N3O2S/c8-16(14,15)5-3(1-11)2-13-7(12)4(5)6(9)10/h2,6H,(H2,12,13). The fourth-order valence-corrected chi connectivity index (χ4v) is 2.39. The highest BCUT2D eigenvalue weighted by molar-refractivity contribution is 8.13. The van der Waals surface area contributed by atoms with Gasteiger partial charge in [-0.05, 0) is 0 Å². The lowest BCUT2D eigenvalue weighted by molar-refractivity contribution is 0.148. The molecule has 0 atom stereocenters. The average Bonchev–Trinajstić information content (AvgIpc) is 2.15. The number of halogens is 3. The molecule has 1 rings (SSSR count). The number of hydrogen-bond acceptors (Lipinski definition) is 5. The van der Waals surface area contributed by atoms with Gasteiger partial charge < -0.3 is 5.73 Å². The Labute approximate surface area is 93.9 Å². The van der Waals surface area contributed by atoms with Gasteiger partial charge in [-0.15, -0.1) is 0 Å². The first-order chi connectivity index (χ1) is 7.29. The maximum Gasteiger partial charge on any atom is 0.268 e. The van der Waals surface area contributed by atoms with Crippen molar-refractivity contribution in [3.63, 3.8) is 0 Å². The van der Waals surface area contributed by atoms with Crippen LogP contribution in [0.4, 0.5) is 14.6 Å². The summed E-state index contributed by atoms with van der Waals surface area (Å²) in [5.41, 5.74) is 3.50. The first-order valence-corrected chi connectivity index (χ1v) is 6.01. The monoisotopic (exact) mass is 267 g/mol. The minimum Gasteiger partial charge on any atom is -0.383 e. The molecule has 5 nitrogen and oxygen atoms in total. The molecule has 0 saturated carbocycles. The Morgan fingerprint density at radius 3 is 2.50 bits per heavy atom. The van der Waals surface area contributed by atoms with Gasteiger partial charge in [0, 0.05) is 16.9 Å². The molecule has 1 aromatic rings. The van der Waals surface area contributed by atoms with Crippen LogP contribution in [-0.2, 0) is 9.05 Å². The topological polar surface area (TPSA) is 96.8 Å². The molecule has 0 bridgehead atoms. The van der Waals surface area contributed by atoms with Crippen LogP contribution in [0.15, 0.2) is 11.1 Å². The number of nitrogen functional groups attached to an aromatic ring is 1. The van der Waals surface area contributed by atoms with Crippen LogP contribution in [0, 0.1) is 11.3 Å². The van der Waals surface area contributed by atoms with Gasteiger partial charge >= 0.3 is 0 Å². The largest absolute Gasteiger partial charge is 0.383 e. The van der Waals surface area contributed by atoms with Gasteiger partial charge in [-0.3, -0.25) is 0 Å². The van der Waals surface area contributed by atoms with Gasteiger partial charge in [0.1, 0.15) is 16.8 Å². The number of pyridine rings is 1. The van der Waals surface area contributed by atoms with Crippen molar-refractivity contribution in [1.82, 2.24) is 4.98 Å². The minimum absolute atomic E-state index is 0.570. The van der Waals surface area contributed by atoms with Crippen molar-refractivity contribution in [3.8, 4) is 6.07 Å². The second-order valence-electron chi connectivity index (χ2n) is 2.65. The quantitative estimate of drug-likeness (QED) is 0.817. The maximum absolute atomic E-state index is 12.6. The van der Waals surface area contributed by atoms with Gasteiger partial charge in [0.2, 0.25) is 0 Å². The van der Waals surface area contributed by atoms with Crippen LogP contribution in [0.1, 0.15) is 17.6 Å². The molecule has 0 radical (unpaired) electrons. The van der Waals surface area contributed by atoms with E-state index in [9.17, 15) is 17.2 Å². The summed E-state index contributed by atoms with van der Waals surface area (Å²) in [6, 6.07) is 1.41. The van der Waals surface area contributed by atoms with Crippen LogP contribution in [0.3, 0.4) is 0 Å². The SMILES string of the molecule is N#Cc1cnc(N)c(C(F)F)c1S(=O)(=O)Cl. The Morgan fingerprint density at radius 1 is 1.56 bits per heavy atom. The third-order valence-corrected chi connectivity index (χ3v) is 3.07. The van der Waals surface area contributed by atoms with Gasteiger partial charge in [-0.2, -0.15) is 5.26 Å². The highest BCUT2D eigenvalue weighted by atomic mass is 35.7. The van der Waals surface area contributed by atoms with E-state index in [0.717, 1.165) is 6.20 Å². The summed E-state index contributed by atoms with van der Waals surface area (Å²) in [5, 5.41) is 8.58. The van der Waals surface area contributed by atoms with E-state index in [0.29, 0.717) is 0 Å². The number of rotatable bonds is 2. The predicted molar refractivity (Wildman–Crippen MR) is 51.4 cm³/mol. The number of hydrogen-bond donors (Lipinski definition) is 1. The zero-order valence-corrected chi connectivity index (χ0v) is 9.06. The van der Waals surface area contributed by atoms with Crippen LogP contribution < -0.4 is 5.73 Å². The molecule has 1 heterocycles. The predicted octanol–water partition coefficient (Wildman–Crippen LogP) is 1.40. The summed E-state index contributed by atoms with van der Waals surface area (Å²) in [6.45, 7) is 0. The second kappa shape index (κ2) is 4.19. The van der Waals surface area contributed by atoms with Crippen LogP contribution in [-0.4, -0.2) is 13.4 Å². The maximum atomic E-state index is 12.6. The summed E-state index contributed by atoms with van der Waals surface area (Å²) in [6.07, 6.45) is -2.42. The lowest BCUT2D eigenvalue weighted by Gasteiger charge is -2.09. The molecule has 0 aliphatic rings. The fraction of sp³-hybridized carbons (Fsp3) is 0.143. The summed E-state index contributed by atoms with van der Waals surface area (Å²) in [4.78, 5) is 2.31. The van der Waals surface area contributed by atoms with Crippen molar-refractivity contribution in [2.45, 2.75) is 11.3 Å². The van der Waals surface area contributed by atoms with E-state index < -0.39 is 37.3 Å². The number of nitriles is 1. The summed E-state index contributed by atoms with van der Waals surface area (Å²) in [5.74, 6) is -0.673. The molecular formula is C7H4ClF2N3O2S. The number of nitrogens with two attached hydrogens (primary N) is 1. The van der Waals surface area contributed by atoms with E-state index in [1.807, 2.05) is 0 Å². The van der Waals surface area contributed by atoms with Crippen molar-refractivity contribution in [3.05, 3.63) is 17.3 Å². The first-order valence-electron chi connectivity index (χ1n) is 3.70. The molecule has 1 aromatic heterocycles. The molecule has 0 saturated heterocycles. The number of alkyl halides is 2. The molecule has 86 valence electrons. The van der Waals surface area contributed by atoms with Crippen LogP contribution in [0.25, 0.3) is 0 Å². The molecule has 0 aromatic carbocycles. The van der Waals surface area contributed by atoms with Crippen molar-refractivity contribution in [2.24, 2.45) is 0 Å². The van der Waals surface area contributed by atoms with Crippen molar-refractivity contribution >= 4 is 25.6 Å². The number of nitrogens with zero attached hydrogens (tertiary/aromatic N) is 2. The highest BCUT2D eigenvalue weighted by Gasteiger charge is 2.28. The Hall–Kier alpha value is -1.46. The molecular weight excluding hydrogens is 264 g/mol. The van der Waals surface area contributed by atoms with Gasteiger partial charge in [0.05, 0.1) is 11.1 Å². The molecule has 0 unspecified atom stereocenters. The molecule has 0 aliphatic carbocycles. The molecule has 0 aliphatic heterocycles. The Morgan fingerprint density at radius 2 is 2.12 bits per heavy atom. The molecule has 0 spiro atoms. The summed E-state index contributed by atoms with van der Waals surface area (Å²) < 4.78 is 47.3. The third-order valence-electron chi connectivity index (χ3n) is 1.68. The summed E-state index contributed by atoms with van der Waals surface area (Å²) in [7, 11) is 0.474. The van der Waals surface area contributed by atoms with Gasteiger partial charge in [0.25, 0.3) is 15.5 Å². The lowest BCUT2D eigenvalue weighted by Crippen LogP contribution is -2.08. The van der Waals surface area contributed by atoms with E-state index in [1.165, 1.54) is 6.07 Å². The molecule has 0 fully saturated rings. The van der Waals surface area contributed by atoms with Crippen LogP contribution in [0.5, 0.6) is 0 Å². The Kier molecular flexibility index (Phi) is 3.30. The Bertz CT molecular complexity index is 568. The molecule has 16 heavy (non-hydrogen) atoms. The van der Waals surface area contributed by atoms with Crippen LogP contribution >= 0.6 is 10.7 Å². The van der Waals surface area contributed by atoms with Crippen molar-refractivity contribution in [1.29, 1.82) is 5.26 Å². The van der Waals surface area contributed by atoms with Gasteiger partial charge in [-0.25, -0.2) is 22.2 Å². The zero-order chi connectivity index (χ0) is 12.5. The normalized spacial score (nSPS) is 11.4. The summed E-state index contributed by atoms with van der Waals surface area (Å²) >= 11 is 0. The van der Waals surface area contributed by atoms with E-state index in [2.05, 4.69) is 4.98 Å². The van der Waals surface area contributed by atoms with E-state index in [4.69, 9.17) is 21.7 Å². The minimum atomic E-state index is -4.49. The van der Waals surface area contributed by atoms with Crippen LogP contribution in [0.2, 0.25) is 0 Å². The third kappa shape index (κ3) is 2.20. The van der Waals surface area contributed by atoms with Gasteiger partial charge in [0.15, 0.2) is 0 Å². The van der Waals surface area contributed by atoms with Gasteiger partial charge in [-0.1, -0.05) is 0 Å². The molecule has 9 heteroatoms. The lowest BCUT2D eigenvalue weighted by atomic mass is 10.2. The average molecular weight is 268 g/mol. The molecule has 0 amide bonds. The van der Waals surface area contributed by atoms with E-state index >= 15 is 0 Å². The second-order valence-corrected chi connectivity index (χ2v) is 5.15. The van der Waals surface area contributed by atoms with E-state index in [-0.39, 0.29) is 0 Å². The van der Waals surface area contributed by atoms with Crippen molar-refractivity contribution < 1.29 is 17.2 Å². The number of anilines is 1. The highest BCUT2D eigenvalue weighted by Crippen LogP contribution is 2.34. The number of aromatic nitrogens is 1. The smallest absolute Gasteiger partial charge is 0.268 e. The Balaban J connectivity index is 3.79. The zero-order valence-electron chi connectivity index (χ0n) is 7.49. The van der Waals surface area contributed by atoms with E-state index in [1.54, 1.807) is 0 Å². The van der Waals surface area contributed by atoms with Crippen molar-refractivity contribution in [2.75, 3.05) is 5.73 Å². The molecule has 2 N–H and O–H groups in total. The fourth-order valence-electron chi connectivity index (χ4n) is 1.08. The first kappa shape index (κ1) is 12.6.